The van der Waals surface area contributed by atoms with Crippen molar-refractivity contribution < 1.29 is 4.79 Å². The van der Waals surface area contributed by atoms with Crippen molar-refractivity contribution in [2.75, 3.05) is 11.2 Å². The Kier molecular flexibility index (Phi) is 3.77. The van der Waals surface area contributed by atoms with Crippen LogP contribution >= 0.6 is 11.6 Å². The first-order valence-electron chi connectivity index (χ1n) is 5.26. The molecule has 0 fully saturated rings. The van der Waals surface area contributed by atoms with E-state index in [1.165, 1.54) is 0 Å². The maximum absolute atomic E-state index is 11.3. The van der Waals surface area contributed by atoms with Gasteiger partial charge in [-0.15, -0.1) is 11.6 Å². The molecule has 2 aromatic rings. The summed E-state index contributed by atoms with van der Waals surface area (Å²) in [4.78, 5) is 18.4. The van der Waals surface area contributed by atoms with Crippen molar-refractivity contribution in [3.63, 3.8) is 0 Å². The molecule has 0 saturated heterocycles. The molecule has 0 bridgehead atoms. The van der Waals surface area contributed by atoms with E-state index in [1.54, 1.807) is 6.20 Å². The smallest absolute Gasteiger partial charge is 0.227 e. The Bertz CT molecular complexity index is 495. The second-order valence-electron chi connectivity index (χ2n) is 3.50. The highest BCUT2D eigenvalue weighted by atomic mass is 35.5. The number of H-pyrrole nitrogens is 1. The fourth-order valence-electron chi connectivity index (χ4n) is 1.43. The Morgan fingerprint density at radius 2 is 2.12 bits per heavy atom. The molecule has 5 heteroatoms. The Balaban J connectivity index is 2.09. The van der Waals surface area contributed by atoms with Gasteiger partial charge in [0.1, 0.15) is 0 Å². The Morgan fingerprint density at radius 3 is 2.82 bits per heavy atom. The molecule has 0 aliphatic heterocycles. The van der Waals surface area contributed by atoms with E-state index in [0.717, 1.165) is 11.3 Å². The molecule has 1 heterocycles. The quantitative estimate of drug-likeness (QED) is 0.819. The van der Waals surface area contributed by atoms with E-state index in [-0.39, 0.29) is 12.3 Å². The molecule has 1 amide bonds. The number of carbonyl (C=O) groups excluding carboxylic acids is 1. The van der Waals surface area contributed by atoms with Gasteiger partial charge in [0.2, 0.25) is 11.9 Å². The van der Waals surface area contributed by atoms with Crippen LogP contribution in [-0.4, -0.2) is 21.8 Å². The van der Waals surface area contributed by atoms with Crippen LogP contribution in [0.4, 0.5) is 5.95 Å². The molecule has 0 aliphatic rings. The van der Waals surface area contributed by atoms with Crippen molar-refractivity contribution in [1.29, 1.82) is 0 Å². The predicted molar refractivity (Wildman–Crippen MR) is 68.0 cm³/mol. The van der Waals surface area contributed by atoms with Gasteiger partial charge in [0.25, 0.3) is 0 Å². The lowest BCUT2D eigenvalue weighted by atomic mass is 10.2. The normalized spacial score (nSPS) is 10.2. The topological polar surface area (TPSA) is 57.8 Å². The summed E-state index contributed by atoms with van der Waals surface area (Å²) in [6, 6.07) is 9.78. The van der Waals surface area contributed by atoms with E-state index in [4.69, 9.17) is 11.6 Å². The second-order valence-corrected chi connectivity index (χ2v) is 3.88. The van der Waals surface area contributed by atoms with Crippen LogP contribution in [0.25, 0.3) is 11.3 Å². The van der Waals surface area contributed by atoms with Crippen molar-refractivity contribution in [3.8, 4) is 11.3 Å². The molecule has 0 radical (unpaired) electrons. The third-order valence-electron chi connectivity index (χ3n) is 2.24. The van der Waals surface area contributed by atoms with Crippen molar-refractivity contribution in [3.05, 3.63) is 36.5 Å². The van der Waals surface area contributed by atoms with Crippen LogP contribution in [0.3, 0.4) is 0 Å². The third-order valence-corrected chi connectivity index (χ3v) is 2.43. The first-order chi connectivity index (χ1) is 8.29. The van der Waals surface area contributed by atoms with Crippen LogP contribution in [0.15, 0.2) is 36.5 Å². The molecular formula is C12H12ClN3O. The number of halogens is 1. The molecule has 0 atom stereocenters. The first-order valence-corrected chi connectivity index (χ1v) is 5.79. The van der Waals surface area contributed by atoms with E-state index in [9.17, 15) is 4.79 Å². The highest BCUT2D eigenvalue weighted by Gasteiger charge is 2.05. The number of rotatable bonds is 4. The predicted octanol–water partition coefficient (Wildman–Crippen LogP) is 2.64. The monoisotopic (exact) mass is 249 g/mol. The Labute approximate surface area is 104 Å². The lowest BCUT2D eigenvalue weighted by Crippen LogP contribution is -2.12. The van der Waals surface area contributed by atoms with Gasteiger partial charge in [0.05, 0.1) is 11.9 Å². The minimum absolute atomic E-state index is 0.144. The van der Waals surface area contributed by atoms with Gasteiger partial charge < -0.3 is 4.98 Å². The maximum Gasteiger partial charge on any atom is 0.227 e. The van der Waals surface area contributed by atoms with E-state index in [2.05, 4.69) is 15.3 Å². The van der Waals surface area contributed by atoms with Crippen molar-refractivity contribution in [2.45, 2.75) is 6.42 Å². The summed E-state index contributed by atoms with van der Waals surface area (Å²) in [6.07, 6.45) is 1.97. The number of alkyl halides is 1. The van der Waals surface area contributed by atoms with Crippen LogP contribution < -0.4 is 5.32 Å². The van der Waals surface area contributed by atoms with Gasteiger partial charge >= 0.3 is 0 Å². The number of nitrogens with zero attached hydrogens (tertiary/aromatic N) is 1. The van der Waals surface area contributed by atoms with Crippen molar-refractivity contribution in [2.24, 2.45) is 0 Å². The van der Waals surface area contributed by atoms with Crippen LogP contribution in [-0.2, 0) is 4.79 Å². The summed E-state index contributed by atoms with van der Waals surface area (Å²) in [5, 5.41) is 2.64. The molecule has 1 aromatic heterocycles. The average molecular weight is 250 g/mol. The molecule has 0 spiro atoms. The van der Waals surface area contributed by atoms with Gasteiger partial charge in [-0.2, -0.15) is 0 Å². The summed E-state index contributed by atoms with van der Waals surface area (Å²) >= 11 is 5.47. The largest absolute Gasteiger partial charge is 0.324 e. The maximum atomic E-state index is 11.3. The molecule has 0 saturated carbocycles. The highest BCUT2D eigenvalue weighted by molar-refractivity contribution is 6.19. The number of anilines is 1. The number of hydrogen-bond acceptors (Lipinski definition) is 2. The second kappa shape index (κ2) is 5.50. The lowest BCUT2D eigenvalue weighted by Gasteiger charge is -1.99. The van der Waals surface area contributed by atoms with E-state index >= 15 is 0 Å². The molecule has 4 nitrogen and oxygen atoms in total. The van der Waals surface area contributed by atoms with Crippen molar-refractivity contribution in [1.82, 2.24) is 9.97 Å². The minimum Gasteiger partial charge on any atom is -0.324 e. The van der Waals surface area contributed by atoms with Crippen LogP contribution in [0.2, 0.25) is 0 Å². The zero-order valence-corrected chi connectivity index (χ0v) is 9.87. The molecule has 0 unspecified atom stereocenters. The summed E-state index contributed by atoms with van der Waals surface area (Å²) in [5.41, 5.74) is 1.89. The number of benzene rings is 1. The van der Waals surface area contributed by atoms with Gasteiger partial charge in [0.15, 0.2) is 0 Å². The number of nitrogens with one attached hydrogen (secondary N) is 2. The molecular weight excluding hydrogens is 238 g/mol. The Morgan fingerprint density at radius 1 is 1.35 bits per heavy atom. The van der Waals surface area contributed by atoms with Gasteiger partial charge in [-0.05, 0) is 5.56 Å². The summed E-state index contributed by atoms with van der Waals surface area (Å²) in [6.45, 7) is 0. The van der Waals surface area contributed by atoms with Crippen LogP contribution in [0, 0.1) is 0 Å². The minimum atomic E-state index is -0.144. The zero-order valence-electron chi connectivity index (χ0n) is 9.11. The number of hydrogen-bond donors (Lipinski definition) is 2. The number of imidazole rings is 1. The molecule has 88 valence electrons. The zero-order chi connectivity index (χ0) is 12.1. The average Bonchev–Trinajstić information content (AvgIpc) is 2.79. The third kappa shape index (κ3) is 3.07. The number of amides is 1. The van der Waals surface area contributed by atoms with Gasteiger partial charge in [-0.3, -0.25) is 10.1 Å². The van der Waals surface area contributed by atoms with E-state index in [0.29, 0.717) is 11.8 Å². The summed E-state index contributed by atoms with van der Waals surface area (Å²) in [7, 11) is 0. The molecule has 0 aliphatic carbocycles. The molecule has 1 aromatic carbocycles. The van der Waals surface area contributed by atoms with Gasteiger partial charge in [0, 0.05) is 12.3 Å². The fourth-order valence-corrected chi connectivity index (χ4v) is 1.60. The number of aromatic nitrogens is 2. The highest BCUT2D eigenvalue weighted by Crippen LogP contribution is 2.17. The SMILES string of the molecule is O=C(CCCl)Nc1ncc(-c2ccccc2)[nH]1. The number of aromatic amines is 1. The molecule has 2 N–H and O–H groups in total. The van der Waals surface area contributed by atoms with Crippen molar-refractivity contribution >= 4 is 23.5 Å². The van der Waals surface area contributed by atoms with Crippen LogP contribution in [0.5, 0.6) is 0 Å². The molecule has 17 heavy (non-hydrogen) atoms. The standard InChI is InChI=1S/C12H12ClN3O/c13-7-6-11(17)16-12-14-8-10(15-12)9-4-2-1-3-5-9/h1-5,8H,6-7H2,(H2,14,15,16,17). The molecule has 2 rings (SSSR count). The lowest BCUT2D eigenvalue weighted by molar-refractivity contribution is -0.115. The summed E-state index contributed by atoms with van der Waals surface area (Å²) in [5.74, 6) is 0.603. The van der Waals surface area contributed by atoms with Gasteiger partial charge in [-0.25, -0.2) is 4.98 Å². The van der Waals surface area contributed by atoms with E-state index < -0.39 is 0 Å². The Hall–Kier alpha value is -1.81. The number of carbonyl (C=O) groups is 1. The summed E-state index contributed by atoms with van der Waals surface area (Å²) < 4.78 is 0. The van der Waals surface area contributed by atoms with E-state index in [1.807, 2.05) is 30.3 Å². The first kappa shape index (κ1) is 11.7. The van der Waals surface area contributed by atoms with Gasteiger partial charge in [-0.1, -0.05) is 30.3 Å². The fraction of sp³-hybridized carbons (Fsp3) is 0.167. The van der Waals surface area contributed by atoms with Crippen LogP contribution in [0.1, 0.15) is 6.42 Å².